The van der Waals surface area contributed by atoms with Gasteiger partial charge in [0.2, 0.25) is 0 Å². The fraction of sp³-hybridized carbons (Fsp3) is 0.267. The first kappa shape index (κ1) is 14.6. The van der Waals surface area contributed by atoms with Crippen LogP contribution in [0.4, 0.5) is 0 Å². The van der Waals surface area contributed by atoms with E-state index in [1.165, 1.54) is 4.88 Å². The number of hydrogen-bond acceptors (Lipinski definition) is 4. The quantitative estimate of drug-likeness (QED) is 0.635. The molecule has 0 aliphatic heterocycles. The van der Waals surface area contributed by atoms with E-state index < -0.39 is 0 Å². The average molecular weight is 289 g/mol. The van der Waals surface area contributed by atoms with E-state index in [0.717, 1.165) is 30.0 Å². The third-order valence-electron chi connectivity index (χ3n) is 3.04. The van der Waals surface area contributed by atoms with Gasteiger partial charge in [0.25, 0.3) is 0 Å². The van der Waals surface area contributed by atoms with Gasteiger partial charge in [0, 0.05) is 29.1 Å². The molecule has 0 aliphatic rings. The Balaban J connectivity index is 2.14. The molecule has 1 heterocycles. The van der Waals surface area contributed by atoms with Gasteiger partial charge in [-0.25, -0.2) is 0 Å². The third-order valence-corrected chi connectivity index (χ3v) is 3.90. The molecule has 1 aromatic heterocycles. The Morgan fingerprint density at radius 1 is 1.35 bits per heavy atom. The summed E-state index contributed by atoms with van der Waals surface area (Å²) in [4.78, 5) is 3.54. The highest BCUT2D eigenvalue weighted by Gasteiger charge is 2.09. The number of benzene rings is 1. The predicted molar refractivity (Wildman–Crippen MR) is 83.5 cm³/mol. The molecule has 0 spiro atoms. The molecule has 4 nitrogen and oxygen atoms in total. The molecule has 106 valence electrons. The number of methoxy groups -OCH3 is 1. The van der Waals surface area contributed by atoms with E-state index in [0.29, 0.717) is 0 Å². The van der Waals surface area contributed by atoms with Gasteiger partial charge >= 0.3 is 0 Å². The number of nitrogen functional groups attached to an aromatic ring is 1. The van der Waals surface area contributed by atoms with Crippen LogP contribution in [0.3, 0.4) is 0 Å². The molecule has 0 aliphatic carbocycles. The molecular formula is C15H19N3OS. The van der Waals surface area contributed by atoms with Crippen molar-refractivity contribution in [1.82, 2.24) is 4.90 Å². The van der Waals surface area contributed by atoms with Crippen molar-refractivity contribution in [2.24, 2.45) is 5.73 Å². The van der Waals surface area contributed by atoms with E-state index in [-0.39, 0.29) is 5.84 Å². The molecule has 1 aromatic carbocycles. The number of nitrogens with one attached hydrogen (secondary N) is 1. The van der Waals surface area contributed by atoms with Crippen molar-refractivity contribution in [1.29, 1.82) is 5.41 Å². The molecule has 0 fully saturated rings. The van der Waals surface area contributed by atoms with Crippen LogP contribution in [0, 0.1) is 5.41 Å². The van der Waals surface area contributed by atoms with Crippen LogP contribution in [0.15, 0.2) is 35.7 Å². The molecule has 0 saturated carbocycles. The number of thiophene rings is 1. The Bertz CT molecular complexity index is 581. The Morgan fingerprint density at radius 2 is 2.15 bits per heavy atom. The van der Waals surface area contributed by atoms with E-state index in [1.807, 2.05) is 18.2 Å². The second-order valence-corrected chi connectivity index (χ2v) is 5.72. The summed E-state index contributed by atoms with van der Waals surface area (Å²) in [5, 5.41) is 9.61. The number of rotatable bonds is 6. The molecule has 0 amide bonds. The van der Waals surface area contributed by atoms with Gasteiger partial charge in [0.1, 0.15) is 11.6 Å². The molecule has 0 radical (unpaired) electrons. The minimum absolute atomic E-state index is 0.0785. The minimum Gasteiger partial charge on any atom is -0.496 e. The van der Waals surface area contributed by atoms with Crippen LogP contribution in [0.1, 0.15) is 16.0 Å². The van der Waals surface area contributed by atoms with Crippen LogP contribution in [0.25, 0.3) is 0 Å². The van der Waals surface area contributed by atoms with Crippen molar-refractivity contribution in [2.45, 2.75) is 13.1 Å². The number of nitrogens with zero attached hydrogens (tertiary/aromatic N) is 1. The summed E-state index contributed by atoms with van der Waals surface area (Å²) in [5.74, 6) is 0.905. The van der Waals surface area contributed by atoms with Crippen LogP contribution < -0.4 is 10.5 Å². The van der Waals surface area contributed by atoms with E-state index in [1.54, 1.807) is 18.4 Å². The SMILES string of the molecule is COc1ccc(C(=N)N)cc1CN(C)Cc1cccs1. The summed E-state index contributed by atoms with van der Waals surface area (Å²) in [7, 11) is 3.73. The lowest BCUT2D eigenvalue weighted by molar-refractivity contribution is 0.312. The molecular weight excluding hydrogens is 270 g/mol. The number of amidine groups is 1. The van der Waals surface area contributed by atoms with Crippen LogP contribution in [-0.2, 0) is 13.1 Å². The Morgan fingerprint density at radius 3 is 2.75 bits per heavy atom. The summed E-state index contributed by atoms with van der Waals surface area (Å²) in [5.41, 5.74) is 7.31. The molecule has 0 atom stereocenters. The molecule has 2 rings (SSSR count). The molecule has 0 bridgehead atoms. The number of nitrogens with two attached hydrogens (primary N) is 1. The van der Waals surface area contributed by atoms with Crippen LogP contribution >= 0.6 is 11.3 Å². The Kier molecular flexibility index (Phi) is 4.76. The van der Waals surface area contributed by atoms with Gasteiger partial charge in [-0.2, -0.15) is 0 Å². The first-order valence-corrected chi connectivity index (χ1v) is 7.20. The van der Waals surface area contributed by atoms with Gasteiger partial charge in [0.05, 0.1) is 7.11 Å². The number of hydrogen-bond donors (Lipinski definition) is 2. The van der Waals surface area contributed by atoms with Crippen molar-refractivity contribution in [2.75, 3.05) is 14.2 Å². The lowest BCUT2D eigenvalue weighted by Crippen LogP contribution is -2.18. The fourth-order valence-electron chi connectivity index (χ4n) is 2.08. The van der Waals surface area contributed by atoms with Crippen molar-refractivity contribution in [3.8, 4) is 5.75 Å². The molecule has 2 aromatic rings. The van der Waals surface area contributed by atoms with Gasteiger partial charge in [-0.05, 0) is 36.7 Å². The molecule has 0 saturated heterocycles. The zero-order valence-electron chi connectivity index (χ0n) is 11.7. The highest BCUT2D eigenvalue weighted by molar-refractivity contribution is 7.09. The van der Waals surface area contributed by atoms with Crippen LogP contribution in [0.5, 0.6) is 5.75 Å². The van der Waals surface area contributed by atoms with Crippen molar-refractivity contribution in [3.63, 3.8) is 0 Å². The van der Waals surface area contributed by atoms with E-state index in [4.69, 9.17) is 15.9 Å². The number of ether oxygens (including phenoxy) is 1. The predicted octanol–water partition coefficient (Wildman–Crippen LogP) is 2.67. The van der Waals surface area contributed by atoms with Crippen LogP contribution in [-0.4, -0.2) is 24.9 Å². The zero-order chi connectivity index (χ0) is 14.5. The van der Waals surface area contributed by atoms with Crippen molar-refractivity contribution >= 4 is 17.2 Å². The van der Waals surface area contributed by atoms with Gasteiger partial charge in [-0.15, -0.1) is 11.3 Å². The lowest BCUT2D eigenvalue weighted by atomic mass is 10.1. The standard InChI is InChI=1S/C15H19N3OS/c1-18(10-13-4-3-7-20-13)9-12-8-11(15(16)17)5-6-14(12)19-2/h3-8H,9-10H2,1-2H3,(H3,16,17). The highest BCUT2D eigenvalue weighted by atomic mass is 32.1. The maximum Gasteiger partial charge on any atom is 0.123 e. The topological polar surface area (TPSA) is 62.3 Å². The highest BCUT2D eigenvalue weighted by Crippen LogP contribution is 2.22. The normalized spacial score (nSPS) is 10.8. The molecule has 5 heteroatoms. The van der Waals surface area contributed by atoms with Crippen molar-refractivity contribution < 1.29 is 4.74 Å². The first-order chi connectivity index (χ1) is 9.60. The van der Waals surface area contributed by atoms with Gasteiger partial charge in [-0.3, -0.25) is 10.3 Å². The maximum atomic E-state index is 7.53. The first-order valence-electron chi connectivity index (χ1n) is 6.32. The fourth-order valence-corrected chi connectivity index (χ4v) is 2.87. The average Bonchev–Trinajstić information content (AvgIpc) is 2.91. The maximum absolute atomic E-state index is 7.53. The molecule has 20 heavy (non-hydrogen) atoms. The second-order valence-electron chi connectivity index (χ2n) is 4.69. The van der Waals surface area contributed by atoms with Gasteiger partial charge in [0.15, 0.2) is 0 Å². The molecule has 0 unspecified atom stereocenters. The van der Waals surface area contributed by atoms with Gasteiger partial charge in [-0.1, -0.05) is 6.07 Å². The van der Waals surface area contributed by atoms with E-state index in [2.05, 4.69) is 29.5 Å². The summed E-state index contributed by atoms with van der Waals surface area (Å²) >= 11 is 1.75. The summed E-state index contributed by atoms with van der Waals surface area (Å²) < 4.78 is 5.38. The van der Waals surface area contributed by atoms with Crippen LogP contribution in [0.2, 0.25) is 0 Å². The lowest BCUT2D eigenvalue weighted by Gasteiger charge is -2.18. The summed E-state index contributed by atoms with van der Waals surface area (Å²) in [6.45, 7) is 1.65. The Labute approximate surface area is 123 Å². The van der Waals surface area contributed by atoms with E-state index >= 15 is 0 Å². The summed E-state index contributed by atoms with van der Waals surface area (Å²) in [6.07, 6.45) is 0. The summed E-state index contributed by atoms with van der Waals surface area (Å²) in [6, 6.07) is 9.79. The largest absolute Gasteiger partial charge is 0.496 e. The van der Waals surface area contributed by atoms with Crippen molar-refractivity contribution in [3.05, 3.63) is 51.7 Å². The third kappa shape index (κ3) is 3.59. The van der Waals surface area contributed by atoms with Gasteiger partial charge < -0.3 is 10.5 Å². The Hall–Kier alpha value is -1.85. The van der Waals surface area contributed by atoms with E-state index in [9.17, 15) is 0 Å². The monoisotopic (exact) mass is 289 g/mol. The second kappa shape index (κ2) is 6.54. The zero-order valence-corrected chi connectivity index (χ0v) is 12.5. The smallest absolute Gasteiger partial charge is 0.123 e. The minimum atomic E-state index is 0.0785. The molecule has 3 N–H and O–H groups in total.